The Morgan fingerprint density at radius 1 is 1.44 bits per heavy atom. The van der Waals surface area contributed by atoms with Gasteiger partial charge in [0.05, 0.1) is 17.8 Å². The standard InChI is InChI=1S/C13H12BrN3O/c1-8-7-16-13(18-8)9(2)17-12-4-10(6-15)3-11(14)5-12/h3-5,7,9,17H,1-2H3. The maximum Gasteiger partial charge on any atom is 0.216 e. The van der Waals surface area contributed by atoms with Crippen LogP contribution in [0.15, 0.2) is 33.3 Å². The number of hydrogen-bond donors (Lipinski definition) is 1. The largest absolute Gasteiger partial charge is 0.444 e. The topological polar surface area (TPSA) is 61.9 Å². The van der Waals surface area contributed by atoms with E-state index in [4.69, 9.17) is 9.68 Å². The van der Waals surface area contributed by atoms with Gasteiger partial charge >= 0.3 is 0 Å². The normalized spacial score (nSPS) is 11.9. The van der Waals surface area contributed by atoms with Crippen LogP contribution >= 0.6 is 15.9 Å². The van der Waals surface area contributed by atoms with Crippen molar-refractivity contribution < 1.29 is 4.42 Å². The molecule has 1 unspecified atom stereocenters. The number of aromatic nitrogens is 1. The van der Waals surface area contributed by atoms with Crippen molar-refractivity contribution in [1.29, 1.82) is 5.26 Å². The maximum absolute atomic E-state index is 8.91. The highest BCUT2D eigenvalue weighted by molar-refractivity contribution is 9.10. The molecular formula is C13H12BrN3O. The number of halogens is 1. The first-order valence-corrected chi connectivity index (χ1v) is 6.27. The number of anilines is 1. The van der Waals surface area contributed by atoms with Crippen LogP contribution in [0, 0.1) is 18.3 Å². The molecule has 4 nitrogen and oxygen atoms in total. The Morgan fingerprint density at radius 2 is 2.22 bits per heavy atom. The molecule has 0 saturated heterocycles. The summed E-state index contributed by atoms with van der Waals surface area (Å²) in [5.41, 5.74) is 1.45. The number of nitrogens with zero attached hydrogens (tertiary/aromatic N) is 2. The van der Waals surface area contributed by atoms with Crippen molar-refractivity contribution in [3.8, 4) is 6.07 Å². The molecule has 0 saturated carbocycles. The van der Waals surface area contributed by atoms with E-state index in [1.165, 1.54) is 0 Å². The molecule has 0 aliphatic rings. The van der Waals surface area contributed by atoms with Gasteiger partial charge in [0.15, 0.2) is 0 Å². The summed E-state index contributed by atoms with van der Waals surface area (Å²) in [7, 11) is 0. The molecule has 0 aliphatic heterocycles. The van der Waals surface area contributed by atoms with Gasteiger partial charge in [0.25, 0.3) is 0 Å². The van der Waals surface area contributed by atoms with E-state index in [9.17, 15) is 0 Å². The van der Waals surface area contributed by atoms with Crippen LogP contribution in [0.4, 0.5) is 5.69 Å². The molecule has 1 aromatic heterocycles. The first kappa shape index (κ1) is 12.7. The van der Waals surface area contributed by atoms with Gasteiger partial charge in [-0.1, -0.05) is 15.9 Å². The number of aryl methyl sites for hydroxylation is 1. The van der Waals surface area contributed by atoms with Crippen molar-refractivity contribution in [2.45, 2.75) is 19.9 Å². The summed E-state index contributed by atoms with van der Waals surface area (Å²) in [6.45, 7) is 3.81. The third-order valence-corrected chi connectivity index (χ3v) is 2.88. The second-order valence-corrected chi connectivity index (χ2v) is 4.93. The first-order valence-electron chi connectivity index (χ1n) is 5.48. The summed E-state index contributed by atoms with van der Waals surface area (Å²) in [5, 5.41) is 12.2. The molecule has 0 spiro atoms. The van der Waals surface area contributed by atoms with Crippen molar-refractivity contribution in [1.82, 2.24) is 4.98 Å². The zero-order valence-corrected chi connectivity index (χ0v) is 11.7. The van der Waals surface area contributed by atoms with E-state index < -0.39 is 0 Å². The van der Waals surface area contributed by atoms with Crippen molar-refractivity contribution >= 4 is 21.6 Å². The molecular weight excluding hydrogens is 294 g/mol. The van der Waals surface area contributed by atoms with Crippen LogP contribution in [0.3, 0.4) is 0 Å². The lowest BCUT2D eigenvalue weighted by molar-refractivity contribution is 0.453. The third kappa shape index (κ3) is 2.90. The smallest absolute Gasteiger partial charge is 0.216 e. The summed E-state index contributed by atoms with van der Waals surface area (Å²) in [5.74, 6) is 1.41. The van der Waals surface area contributed by atoms with Gasteiger partial charge in [0.1, 0.15) is 11.8 Å². The van der Waals surface area contributed by atoms with Crippen LogP contribution < -0.4 is 5.32 Å². The van der Waals surface area contributed by atoms with Crippen LogP contribution in [-0.2, 0) is 0 Å². The molecule has 1 heterocycles. The molecule has 18 heavy (non-hydrogen) atoms. The lowest BCUT2D eigenvalue weighted by Gasteiger charge is -2.12. The van der Waals surface area contributed by atoms with Crippen molar-refractivity contribution in [2.75, 3.05) is 5.32 Å². The van der Waals surface area contributed by atoms with Crippen LogP contribution in [0.5, 0.6) is 0 Å². The van der Waals surface area contributed by atoms with Crippen molar-refractivity contribution in [2.24, 2.45) is 0 Å². The molecule has 2 aromatic rings. The lowest BCUT2D eigenvalue weighted by atomic mass is 10.2. The predicted molar refractivity (Wildman–Crippen MR) is 72.1 cm³/mol. The average molecular weight is 306 g/mol. The molecule has 1 atom stereocenters. The minimum Gasteiger partial charge on any atom is -0.444 e. The number of hydrogen-bond acceptors (Lipinski definition) is 4. The molecule has 5 heteroatoms. The van der Waals surface area contributed by atoms with Gasteiger partial charge in [-0.3, -0.25) is 0 Å². The highest BCUT2D eigenvalue weighted by Gasteiger charge is 2.11. The molecule has 0 radical (unpaired) electrons. The van der Waals surface area contributed by atoms with E-state index in [2.05, 4.69) is 32.3 Å². The first-order chi connectivity index (χ1) is 8.58. The third-order valence-electron chi connectivity index (χ3n) is 2.42. The van der Waals surface area contributed by atoms with Crippen molar-refractivity contribution in [3.63, 3.8) is 0 Å². The summed E-state index contributed by atoms with van der Waals surface area (Å²) in [6.07, 6.45) is 1.69. The molecule has 2 rings (SSSR count). The van der Waals surface area contributed by atoms with E-state index in [1.54, 1.807) is 18.3 Å². The Balaban J connectivity index is 2.19. The number of nitrogens with one attached hydrogen (secondary N) is 1. The molecule has 1 aromatic carbocycles. The van der Waals surface area contributed by atoms with E-state index in [-0.39, 0.29) is 6.04 Å². The predicted octanol–water partition coefficient (Wildman–Crippen LogP) is 3.79. The molecule has 0 fully saturated rings. The van der Waals surface area contributed by atoms with Gasteiger partial charge in [-0.25, -0.2) is 4.98 Å². The Morgan fingerprint density at radius 3 is 2.83 bits per heavy atom. The fourth-order valence-electron chi connectivity index (χ4n) is 1.62. The van der Waals surface area contributed by atoms with Gasteiger partial charge < -0.3 is 9.73 Å². The molecule has 92 valence electrons. The number of rotatable bonds is 3. The van der Waals surface area contributed by atoms with Crippen LogP contribution in [0.25, 0.3) is 0 Å². The fourth-order valence-corrected chi connectivity index (χ4v) is 2.11. The molecule has 0 amide bonds. The number of oxazole rings is 1. The summed E-state index contributed by atoms with van der Waals surface area (Å²) < 4.78 is 6.31. The average Bonchev–Trinajstić information content (AvgIpc) is 2.75. The quantitative estimate of drug-likeness (QED) is 0.937. The van der Waals surface area contributed by atoms with Gasteiger partial charge in [0.2, 0.25) is 5.89 Å². The zero-order valence-electron chi connectivity index (χ0n) is 10.1. The van der Waals surface area contributed by atoms with E-state index in [0.29, 0.717) is 11.5 Å². The van der Waals surface area contributed by atoms with E-state index >= 15 is 0 Å². The molecule has 0 aliphatic carbocycles. The SMILES string of the molecule is Cc1cnc(C(C)Nc2cc(Br)cc(C#N)c2)o1. The van der Waals surface area contributed by atoms with E-state index in [1.807, 2.05) is 19.9 Å². The van der Waals surface area contributed by atoms with Gasteiger partial charge in [-0.05, 0) is 32.0 Å². The van der Waals surface area contributed by atoms with Crippen LogP contribution in [0.2, 0.25) is 0 Å². The highest BCUT2D eigenvalue weighted by Crippen LogP contribution is 2.23. The zero-order chi connectivity index (χ0) is 13.1. The van der Waals surface area contributed by atoms with Crippen LogP contribution in [0.1, 0.15) is 30.2 Å². The Bertz CT molecular complexity index is 601. The summed E-state index contributed by atoms with van der Waals surface area (Å²) >= 11 is 3.37. The monoisotopic (exact) mass is 305 g/mol. The van der Waals surface area contributed by atoms with E-state index in [0.717, 1.165) is 15.9 Å². The summed E-state index contributed by atoms with van der Waals surface area (Å²) in [4.78, 5) is 4.17. The van der Waals surface area contributed by atoms with Crippen LogP contribution in [-0.4, -0.2) is 4.98 Å². The molecule has 1 N–H and O–H groups in total. The van der Waals surface area contributed by atoms with Gasteiger partial charge in [-0.15, -0.1) is 0 Å². The Labute approximate surface area is 114 Å². The molecule has 0 bridgehead atoms. The van der Waals surface area contributed by atoms with Crippen molar-refractivity contribution in [3.05, 3.63) is 46.1 Å². The lowest BCUT2D eigenvalue weighted by Crippen LogP contribution is -2.07. The highest BCUT2D eigenvalue weighted by atomic mass is 79.9. The number of nitriles is 1. The minimum absolute atomic E-state index is 0.0560. The van der Waals surface area contributed by atoms with Gasteiger partial charge in [0, 0.05) is 10.2 Å². The number of benzene rings is 1. The Kier molecular flexibility index (Phi) is 3.68. The second kappa shape index (κ2) is 5.23. The minimum atomic E-state index is -0.0560. The Hall–Kier alpha value is -1.80. The maximum atomic E-state index is 8.91. The van der Waals surface area contributed by atoms with Gasteiger partial charge in [-0.2, -0.15) is 5.26 Å². The summed E-state index contributed by atoms with van der Waals surface area (Å²) in [6, 6.07) is 7.53. The second-order valence-electron chi connectivity index (χ2n) is 4.02. The fraction of sp³-hybridized carbons (Fsp3) is 0.231.